The first-order valence-electron chi connectivity index (χ1n) is 3.71. The Morgan fingerprint density at radius 2 is 2.36 bits per heavy atom. The summed E-state index contributed by atoms with van der Waals surface area (Å²) >= 11 is 0. The van der Waals surface area contributed by atoms with E-state index in [-0.39, 0.29) is 6.04 Å². The Bertz CT molecular complexity index is 235. The Labute approximate surface area is 66.4 Å². The molecule has 0 saturated carbocycles. The minimum atomic E-state index is 0.0125. The van der Waals surface area contributed by atoms with E-state index in [1.807, 2.05) is 13.0 Å². The van der Waals surface area contributed by atoms with Crippen molar-refractivity contribution in [1.29, 1.82) is 0 Å². The van der Waals surface area contributed by atoms with Crippen molar-refractivity contribution in [3.8, 4) is 0 Å². The molecule has 1 atom stereocenters. The van der Waals surface area contributed by atoms with E-state index in [0.717, 1.165) is 17.8 Å². The number of nitrogens with two attached hydrogens (primary N) is 2. The molecule has 60 valence electrons. The maximum absolute atomic E-state index is 5.75. The lowest BCUT2D eigenvalue weighted by molar-refractivity contribution is 0.676. The maximum Gasteiger partial charge on any atom is 0.0591 e. The van der Waals surface area contributed by atoms with Crippen LogP contribution in [0.2, 0.25) is 0 Å². The van der Waals surface area contributed by atoms with Gasteiger partial charge in [0, 0.05) is 17.9 Å². The van der Waals surface area contributed by atoms with Crippen molar-refractivity contribution in [3.05, 3.63) is 24.0 Å². The Morgan fingerprint density at radius 1 is 1.64 bits per heavy atom. The number of anilines is 1. The van der Waals surface area contributed by atoms with Gasteiger partial charge in [-0.2, -0.15) is 0 Å². The summed E-state index contributed by atoms with van der Waals surface area (Å²) in [5.74, 6) is 0. The lowest BCUT2D eigenvalue weighted by atomic mass is 10.1. The van der Waals surface area contributed by atoms with Gasteiger partial charge in [0.05, 0.1) is 5.69 Å². The van der Waals surface area contributed by atoms with Crippen molar-refractivity contribution in [2.24, 2.45) is 5.73 Å². The quantitative estimate of drug-likeness (QED) is 0.664. The second-order valence-electron chi connectivity index (χ2n) is 2.53. The molecule has 0 aliphatic rings. The standard InChI is InChI=1S/C8H13N3/c1-2-7(10)8-5-6(9)3-4-11-8/h3-5,7H,2,10H2,1H3,(H2,9,11)/t7-/m1/s1. The van der Waals surface area contributed by atoms with Crippen molar-refractivity contribution in [1.82, 2.24) is 4.98 Å². The van der Waals surface area contributed by atoms with Gasteiger partial charge in [-0.1, -0.05) is 6.92 Å². The maximum atomic E-state index is 5.75. The number of nitrogens with zero attached hydrogens (tertiary/aromatic N) is 1. The summed E-state index contributed by atoms with van der Waals surface area (Å²) in [5, 5.41) is 0. The van der Waals surface area contributed by atoms with Gasteiger partial charge in [-0.15, -0.1) is 0 Å². The van der Waals surface area contributed by atoms with Crippen LogP contribution in [-0.2, 0) is 0 Å². The van der Waals surface area contributed by atoms with Crippen molar-refractivity contribution >= 4 is 5.69 Å². The summed E-state index contributed by atoms with van der Waals surface area (Å²) in [6.07, 6.45) is 2.57. The molecular formula is C8H13N3. The van der Waals surface area contributed by atoms with Gasteiger partial charge in [-0.05, 0) is 18.6 Å². The van der Waals surface area contributed by atoms with Crippen molar-refractivity contribution in [2.45, 2.75) is 19.4 Å². The van der Waals surface area contributed by atoms with Gasteiger partial charge in [0.25, 0.3) is 0 Å². The zero-order chi connectivity index (χ0) is 8.27. The Kier molecular flexibility index (Phi) is 2.44. The molecule has 3 heteroatoms. The van der Waals surface area contributed by atoms with Crippen LogP contribution in [0.4, 0.5) is 5.69 Å². The van der Waals surface area contributed by atoms with Crippen LogP contribution >= 0.6 is 0 Å². The Hall–Kier alpha value is -1.09. The van der Waals surface area contributed by atoms with Gasteiger partial charge in [0.2, 0.25) is 0 Å². The van der Waals surface area contributed by atoms with Crippen LogP contribution in [0, 0.1) is 0 Å². The number of aromatic nitrogens is 1. The van der Waals surface area contributed by atoms with Crippen molar-refractivity contribution < 1.29 is 0 Å². The first-order chi connectivity index (χ1) is 5.24. The van der Waals surface area contributed by atoms with E-state index < -0.39 is 0 Å². The SMILES string of the molecule is CC[C@@H](N)c1cc(N)ccn1. The second kappa shape index (κ2) is 3.34. The second-order valence-corrected chi connectivity index (χ2v) is 2.53. The minimum Gasteiger partial charge on any atom is -0.399 e. The molecule has 0 unspecified atom stereocenters. The molecule has 0 spiro atoms. The van der Waals surface area contributed by atoms with E-state index in [9.17, 15) is 0 Å². The highest BCUT2D eigenvalue weighted by Gasteiger charge is 2.03. The summed E-state index contributed by atoms with van der Waals surface area (Å²) in [6, 6.07) is 3.58. The van der Waals surface area contributed by atoms with E-state index in [1.165, 1.54) is 0 Å². The van der Waals surface area contributed by atoms with Crippen LogP contribution in [0.3, 0.4) is 0 Å². The molecule has 0 amide bonds. The summed E-state index contributed by atoms with van der Waals surface area (Å²) in [5.41, 5.74) is 12.9. The molecule has 0 aliphatic carbocycles. The zero-order valence-electron chi connectivity index (χ0n) is 6.62. The fourth-order valence-corrected chi connectivity index (χ4v) is 0.877. The van der Waals surface area contributed by atoms with Crippen LogP contribution in [-0.4, -0.2) is 4.98 Å². The zero-order valence-corrected chi connectivity index (χ0v) is 6.62. The molecular weight excluding hydrogens is 138 g/mol. The van der Waals surface area contributed by atoms with Gasteiger partial charge in [-0.25, -0.2) is 0 Å². The van der Waals surface area contributed by atoms with Crippen molar-refractivity contribution in [3.63, 3.8) is 0 Å². The largest absolute Gasteiger partial charge is 0.399 e. The highest BCUT2D eigenvalue weighted by Crippen LogP contribution is 2.12. The van der Waals surface area contributed by atoms with Crippen LogP contribution in [0.15, 0.2) is 18.3 Å². The summed E-state index contributed by atoms with van der Waals surface area (Å²) < 4.78 is 0. The number of pyridine rings is 1. The van der Waals surface area contributed by atoms with Gasteiger partial charge < -0.3 is 11.5 Å². The topological polar surface area (TPSA) is 64.9 Å². The first-order valence-corrected chi connectivity index (χ1v) is 3.71. The molecule has 3 nitrogen and oxygen atoms in total. The number of rotatable bonds is 2. The van der Waals surface area contributed by atoms with Crippen LogP contribution < -0.4 is 11.5 Å². The first kappa shape index (κ1) is 8.01. The Morgan fingerprint density at radius 3 is 2.91 bits per heavy atom. The average molecular weight is 151 g/mol. The van der Waals surface area contributed by atoms with E-state index in [1.54, 1.807) is 12.3 Å². The van der Waals surface area contributed by atoms with Crippen LogP contribution in [0.5, 0.6) is 0 Å². The third-order valence-electron chi connectivity index (χ3n) is 1.62. The van der Waals surface area contributed by atoms with E-state index >= 15 is 0 Å². The molecule has 0 bridgehead atoms. The molecule has 4 N–H and O–H groups in total. The molecule has 0 radical (unpaired) electrons. The van der Waals surface area contributed by atoms with Gasteiger partial charge in [0.1, 0.15) is 0 Å². The predicted molar refractivity (Wildman–Crippen MR) is 45.9 cm³/mol. The highest BCUT2D eigenvalue weighted by atomic mass is 14.8. The predicted octanol–water partition coefficient (Wildman–Crippen LogP) is 1.07. The third kappa shape index (κ3) is 1.91. The summed E-state index contributed by atoms with van der Waals surface area (Å²) in [7, 11) is 0. The van der Waals surface area contributed by atoms with Crippen LogP contribution in [0.1, 0.15) is 25.1 Å². The van der Waals surface area contributed by atoms with E-state index in [2.05, 4.69) is 4.98 Å². The Balaban J connectivity index is 2.86. The molecule has 1 heterocycles. The normalized spacial score (nSPS) is 12.9. The lowest BCUT2D eigenvalue weighted by Crippen LogP contribution is -2.10. The average Bonchev–Trinajstić information content (AvgIpc) is 2.03. The summed E-state index contributed by atoms with van der Waals surface area (Å²) in [6.45, 7) is 2.02. The fourth-order valence-electron chi connectivity index (χ4n) is 0.877. The third-order valence-corrected chi connectivity index (χ3v) is 1.62. The van der Waals surface area contributed by atoms with Gasteiger partial charge in [0.15, 0.2) is 0 Å². The van der Waals surface area contributed by atoms with Gasteiger partial charge in [-0.3, -0.25) is 4.98 Å². The monoisotopic (exact) mass is 151 g/mol. The number of nitrogen functional groups attached to an aromatic ring is 1. The fraction of sp³-hybridized carbons (Fsp3) is 0.375. The minimum absolute atomic E-state index is 0.0125. The summed E-state index contributed by atoms with van der Waals surface area (Å²) in [4.78, 5) is 4.11. The molecule has 0 aliphatic heterocycles. The molecule has 0 saturated heterocycles. The lowest BCUT2D eigenvalue weighted by Gasteiger charge is -2.07. The van der Waals surface area contributed by atoms with Crippen molar-refractivity contribution in [2.75, 3.05) is 5.73 Å². The van der Waals surface area contributed by atoms with Crippen LogP contribution in [0.25, 0.3) is 0 Å². The highest BCUT2D eigenvalue weighted by molar-refractivity contribution is 5.37. The number of hydrogen-bond acceptors (Lipinski definition) is 3. The molecule has 11 heavy (non-hydrogen) atoms. The number of hydrogen-bond donors (Lipinski definition) is 2. The molecule has 0 fully saturated rings. The molecule has 0 aromatic carbocycles. The molecule has 1 rings (SSSR count). The van der Waals surface area contributed by atoms with E-state index in [0.29, 0.717) is 0 Å². The smallest absolute Gasteiger partial charge is 0.0591 e. The van der Waals surface area contributed by atoms with Gasteiger partial charge >= 0.3 is 0 Å². The molecule has 1 aromatic heterocycles. The van der Waals surface area contributed by atoms with E-state index in [4.69, 9.17) is 11.5 Å². The molecule has 1 aromatic rings.